The van der Waals surface area contributed by atoms with Gasteiger partial charge in [-0.05, 0) is 54.8 Å². The van der Waals surface area contributed by atoms with E-state index in [0.717, 1.165) is 16.7 Å². The molecule has 190 valence electrons. The number of nitrogens with zero attached hydrogens (tertiary/aromatic N) is 1. The van der Waals surface area contributed by atoms with Gasteiger partial charge in [-0.15, -0.1) is 11.8 Å². The molecule has 0 saturated heterocycles. The summed E-state index contributed by atoms with van der Waals surface area (Å²) >= 11 is 13.5. The highest BCUT2D eigenvalue weighted by molar-refractivity contribution is 7.99. The van der Waals surface area contributed by atoms with Crippen LogP contribution in [0.15, 0.2) is 72.8 Å². The summed E-state index contributed by atoms with van der Waals surface area (Å²) in [5.41, 5.74) is 2.64. The van der Waals surface area contributed by atoms with Gasteiger partial charge in [0.1, 0.15) is 11.9 Å². The van der Waals surface area contributed by atoms with E-state index >= 15 is 0 Å². The fourth-order valence-corrected chi connectivity index (χ4v) is 4.87. The van der Waals surface area contributed by atoms with Gasteiger partial charge in [-0.3, -0.25) is 9.59 Å². The molecule has 0 spiro atoms. The second kappa shape index (κ2) is 13.7. The molecule has 8 heteroatoms. The molecule has 3 aromatic carbocycles. The molecule has 4 nitrogen and oxygen atoms in total. The van der Waals surface area contributed by atoms with Crippen molar-refractivity contribution in [2.24, 2.45) is 0 Å². The van der Waals surface area contributed by atoms with Gasteiger partial charge in [-0.1, -0.05) is 71.7 Å². The van der Waals surface area contributed by atoms with E-state index in [9.17, 15) is 14.0 Å². The Bertz CT molecular complexity index is 1160. The first-order valence-electron chi connectivity index (χ1n) is 11.6. The van der Waals surface area contributed by atoms with Gasteiger partial charge in [-0.25, -0.2) is 4.39 Å². The molecule has 2 amide bonds. The first kappa shape index (κ1) is 28.0. The highest BCUT2D eigenvalue weighted by Crippen LogP contribution is 2.25. The molecule has 0 aliphatic rings. The smallest absolute Gasteiger partial charge is 0.243 e. The SMILES string of the molecule is CC(C)NC(=O)[C@@H](Cc1ccccc1)N(Cc1ccc(F)cc1)C(=O)CSCc1ccc(Cl)c(Cl)c1. The van der Waals surface area contributed by atoms with Gasteiger partial charge in [0.05, 0.1) is 15.8 Å². The van der Waals surface area contributed by atoms with Crippen LogP contribution in [0.5, 0.6) is 0 Å². The molecule has 0 heterocycles. The van der Waals surface area contributed by atoms with Crippen molar-refractivity contribution in [2.45, 2.75) is 44.6 Å². The van der Waals surface area contributed by atoms with Gasteiger partial charge in [0.25, 0.3) is 0 Å². The zero-order valence-corrected chi connectivity index (χ0v) is 22.5. The zero-order valence-electron chi connectivity index (χ0n) is 20.2. The summed E-state index contributed by atoms with van der Waals surface area (Å²) in [6.07, 6.45) is 0.365. The van der Waals surface area contributed by atoms with Crippen molar-refractivity contribution in [3.8, 4) is 0 Å². The van der Waals surface area contributed by atoms with Crippen LogP contribution in [-0.4, -0.2) is 34.6 Å². The minimum atomic E-state index is -0.724. The van der Waals surface area contributed by atoms with E-state index in [0.29, 0.717) is 22.2 Å². The normalized spacial score (nSPS) is 11.8. The topological polar surface area (TPSA) is 49.4 Å². The molecule has 0 bridgehead atoms. The van der Waals surface area contributed by atoms with Crippen LogP contribution < -0.4 is 5.32 Å². The molecule has 0 aliphatic carbocycles. The minimum Gasteiger partial charge on any atom is -0.352 e. The first-order valence-corrected chi connectivity index (χ1v) is 13.5. The molecule has 0 radical (unpaired) electrons. The van der Waals surface area contributed by atoms with Crippen molar-refractivity contribution in [1.29, 1.82) is 0 Å². The summed E-state index contributed by atoms with van der Waals surface area (Å²) in [5, 5.41) is 3.90. The molecule has 36 heavy (non-hydrogen) atoms. The number of benzene rings is 3. The maximum absolute atomic E-state index is 13.6. The van der Waals surface area contributed by atoms with Gasteiger partial charge in [-0.2, -0.15) is 0 Å². The lowest BCUT2D eigenvalue weighted by atomic mass is 10.0. The third kappa shape index (κ3) is 8.54. The van der Waals surface area contributed by atoms with E-state index in [-0.39, 0.29) is 36.0 Å². The highest BCUT2D eigenvalue weighted by atomic mass is 35.5. The van der Waals surface area contributed by atoms with Crippen molar-refractivity contribution in [3.05, 3.63) is 105 Å². The monoisotopic (exact) mass is 546 g/mol. The molecule has 1 N–H and O–H groups in total. The summed E-state index contributed by atoms with van der Waals surface area (Å²) in [4.78, 5) is 28.5. The fourth-order valence-electron chi connectivity index (χ4n) is 3.69. The Balaban J connectivity index is 1.83. The molecule has 0 fully saturated rings. The summed E-state index contributed by atoms with van der Waals surface area (Å²) in [6, 6.07) is 20.2. The lowest BCUT2D eigenvalue weighted by Gasteiger charge is -2.32. The number of hydrogen-bond donors (Lipinski definition) is 1. The number of rotatable bonds is 11. The average Bonchev–Trinajstić information content (AvgIpc) is 2.84. The Morgan fingerprint density at radius 1 is 0.917 bits per heavy atom. The lowest BCUT2D eigenvalue weighted by Crippen LogP contribution is -2.52. The molecule has 3 aromatic rings. The summed E-state index contributed by atoms with van der Waals surface area (Å²) in [5.74, 6) is -0.0220. The number of amides is 2. The van der Waals surface area contributed by atoms with Crippen LogP contribution in [0.2, 0.25) is 10.0 Å². The third-order valence-electron chi connectivity index (χ3n) is 5.45. The maximum Gasteiger partial charge on any atom is 0.243 e. The van der Waals surface area contributed by atoms with Crippen LogP contribution in [0, 0.1) is 5.82 Å². The number of thioether (sulfide) groups is 1. The second-order valence-corrected chi connectivity index (χ2v) is 10.6. The van der Waals surface area contributed by atoms with Gasteiger partial charge in [0.15, 0.2) is 0 Å². The van der Waals surface area contributed by atoms with Crippen LogP contribution in [-0.2, 0) is 28.3 Å². The van der Waals surface area contributed by atoms with Gasteiger partial charge in [0.2, 0.25) is 11.8 Å². The lowest BCUT2D eigenvalue weighted by molar-refractivity contribution is -0.139. The molecule has 0 saturated carbocycles. The molecule has 0 aromatic heterocycles. The third-order valence-corrected chi connectivity index (χ3v) is 7.17. The predicted molar refractivity (Wildman–Crippen MR) is 147 cm³/mol. The van der Waals surface area contributed by atoms with Crippen molar-refractivity contribution >= 4 is 46.8 Å². The zero-order chi connectivity index (χ0) is 26.1. The summed E-state index contributed by atoms with van der Waals surface area (Å²) < 4.78 is 13.5. The Kier molecular flexibility index (Phi) is 10.7. The summed E-state index contributed by atoms with van der Waals surface area (Å²) in [7, 11) is 0. The molecule has 0 aliphatic heterocycles. The Morgan fingerprint density at radius 2 is 1.58 bits per heavy atom. The van der Waals surface area contributed by atoms with Crippen LogP contribution in [0.1, 0.15) is 30.5 Å². The van der Waals surface area contributed by atoms with Crippen molar-refractivity contribution < 1.29 is 14.0 Å². The van der Waals surface area contributed by atoms with Gasteiger partial charge < -0.3 is 10.2 Å². The minimum absolute atomic E-state index is 0.0809. The van der Waals surface area contributed by atoms with Gasteiger partial charge in [0, 0.05) is 24.8 Å². The van der Waals surface area contributed by atoms with Crippen LogP contribution in [0.25, 0.3) is 0 Å². The van der Waals surface area contributed by atoms with E-state index in [1.165, 1.54) is 23.9 Å². The van der Waals surface area contributed by atoms with Gasteiger partial charge >= 0.3 is 0 Å². The number of nitrogens with one attached hydrogen (secondary N) is 1. The summed E-state index contributed by atoms with van der Waals surface area (Å²) in [6.45, 7) is 3.96. The van der Waals surface area contributed by atoms with Crippen molar-refractivity contribution in [3.63, 3.8) is 0 Å². The first-order chi connectivity index (χ1) is 17.2. The molecule has 0 unspecified atom stereocenters. The Hall–Kier alpha value is -2.54. The standard InChI is InChI=1S/C28H29Cl2FN2O2S/c1-19(2)32-28(35)26(15-20-6-4-3-5-7-20)33(16-21-8-11-23(31)12-9-21)27(34)18-36-17-22-10-13-24(29)25(30)14-22/h3-14,19,26H,15-18H2,1-2H3,(H,32,35)/t26-/m1/s1. The number of halogens is 3. The molecular formula is C28H29Cl2FN2O2S. The molecular weight excluding hydrogens is 518 g/mol. The highest BCUT2D eigenvalue weighted by Gasteiger charge is 2.30. The van der Waals surface area contributed by atoms with E-state index in [4.69, 9.17) is 23.2 Å². The number of carbonyl (C=O) groups excluding carboxylic acids is 2. The van der Waals surface area contributed by atoms with Crippen LogP contribution in [0.4, 0.5) is 4.39 Å². The maximum atomic E-state index is 13.6. The molecule has 3 rings (SSSR count). The Morgan fingerprint density at radius 3 is 2.22 bits per heavy atom. The number of carbonyl (C=O) groups is 2. The van der Waals surface area contributed by atoms with E-state index in [1.807, 2.05) is 50.2 Å². The predicted octanol–water partition coefficient (Wildman–Crippen LogP) is 6.53. The largest absolute Gasteiger partial charge is 0.352 e. The number of hydrogen-bond acceptors (Lipinski definition) is 3. The van der Waals surface area contributed by atoms with E-state index in [1.54, 1.807) is 29.2 Å². The van der Waals surface area contributed by atoms with Crippen molar-refractivity contribution in [1.82, 2.24) is 10.2 Å². The second-order valence-electron chi connectivity index (χ2n) is 8.76. The van der Waals surface area contributed by atoms with Crippen LogP contribution >= 0.6 is 35.0 Å². The fraction of sp³-hybridized carbons (Fsp3) is 0.286. The Labute approximate surface area is 226 Å². The molecule has 1 atom stereocenters. The van der Waals surface area contributed by atoms with E-state index < -0.39 is 6.04 Å². The quantitative estimate of drug-likeness (QED) is 0.297. The van der Waals surface area contributed by atoms with E-state index in [2.05, 4.69) is 5.32 Å². The average molecular weight is 548 g/mol. The van der Waals surface area contributed by atoms with Crippen LogP contribution in [0.3, 0.4) is 0 Å². The van der Waals surface area contributed by atoms with Crippen molar-refractivity contribution in [2.75, 3.05) is 5.75 Å².